The number of nitrogens with one attached hydrogen (secondary N) is 1. The second-order valence-corrected chi connectivity index (χ2v) is 4.59. The minimum atomic E-state index is 0.643. The molecule has 0 aliphatic carbocycles. The Labute approximate surface area is 118 Å². The van der Waals surface area contributed by atoms with Crippen LogP contribution in [0, 0.1) is 0 Å². The first-order valence-electron chi connectivity index (χ1n) is 6.78. The SMILES string of the molecule is c1ccc(OCCNCc2cc3ccccc3o2)cc1. The topological polar surface area (TPSA) is 34.4 Å². The predicted octanol–water partition coefficient (Wildman–Crippen LogP) is 3.60. The highest BCUT2D eigenvalue weighted by Gasteiger charge is 2.02. The summed E-state index contributed by atoms with van der Waals surface area (Å²) in [7, 11) is 0. The third-order valence-corrected chi connectivity index (χ3v) is 3.07. The van der Waals surface area contributed by atoms with Crippen molar-refractivity contribution in [1.29, 1.82) is 0 Å². The van der Waals surface area contributed by atoms with E-state index < -0.39 is 0 Å². The number of benzene rings is 2. The van der Waals surface area contributed by atoms with E-state index in [0.717, 1.165) is 29.0 Å². The van der Waals surface area contributed by atoms with Gasteiger partial charge < -0.3 is 14.5 Å². The maximum Gasteiger partial charge on any atom is 0.134 e. The van der Waals surface area contributed by atoms with E-state index in [2.05, 4.69) is 17.4 Å². The molecule has 0 radical (unpaired) electrons. The van der Waals surface area contributed by atoms with Crippen LogP contribution in [-0.2, 0) is 6.54 Å². The maximum absolute atomic E-state index is 5.73. The van der Waals surface area contributed by atoms with Gasteiger partial charge in [0, 0.05) is 11.9 Å². The molecular weight excluding hydrogens is 250 g/mol. The molecule has 0 amide bonds. The first-order chi connectivity index (χ1) is 9.92. The van der Waals surface area contributed by atoms with Gasteiger partial charge in [-0.05, 0) is 24.3 Å². The van der Waals surface area contributed by atoms with Crippen molar-refractivity contribution in [3.63, 3.8) is 0 Å². The summed E-state index contributed by atoms with van der Waals surface area (Å²) in [5.41, 5.74) is 0.935. The summed E-state index contributed by atoms with van der Waals surface area (Å²) in [6.45, 7) is 2.14. The van der Waals surface area contributed by atoms with E-state index in [-0.39, 0.29) is 0 Å². The van der Waals surface area contributed by atoms with Crippen LogP contribution in [0.1, 0.15) is 5.76 Å². The van der Waals surface area contributed by atoms with E-state index in [1.54, 1.807) is 0 Å². The van der Waals surface area contributed by atoms with Crippen LogP contribution in [-0.4, -0.2) is 13.2 Å². The standard InChI is InChI=1S/C17H17NO2/c1-2-7-15(8-3-1)19-11-10-18-13-16-12-14-6-4-5-9-17(14)20-16/h1-9,12,18H,10-11,13H2. The lowest BCUT2D eigenvalue weighted by atomic mass is 10.2. The van der Waals surface area contributed by atoms with Crippen LogP contribution in [0.3, 0.4) is 0 Å². The van der Waals surface area contributed by atoms with Gasteiger partial charge in [0.2, 0.25) is 0 Å². The van der Waals surface area contributed by atoms with E-state index in [0.29, 0.717) is 13.2 Å². The molecule has 1 aromatic heterocycles. The van der Waals surface area contributed by atoms with Crippen molar-refractivity contribution >= 4 is 11.0 Å². The molecule has 0 spiro atoms. The summed E-state index contributed by atoms with van der Waals surface area (Å²) >= 11 is 0. The molecule has 0 unspecified atom stereocenters. The lowest BCUT2D eigenvalue weighted by Crippen LogP contribution is -2.20. The third kappa shape index (κ3) is 3.19. The van der Waals surface area contributed by atoms with Crippen LogP contribution in [0.4, 0.5) is 0 Å². The maximum atomic E-state index is 5.73. The molecule has 3 nitrogen and oxygen atoms in total. The molecule has 3 heteroatoms. The van der Waals surface area contributed by atoms with Gasteiger partial charge >= 0.3 is 0 Å². The Balaban J connectivity index is 1.43. The molecule has 20 heavy (non-hydrogen) atoms. The summed E-state index contributed by atoms with van der Waals surface area (Å²) in [6, 6.07) is 19.9. The molecule has 0 aliphatic rings. The zero-order chi connectivity index (χ0) is 13.6. The largest absolute Gasteiger partial charge is 0.492 e. The molecule has 1 N–H and O–H groups in total. The molecule has 1 heterocycles. The quantitative estimate of drug-likeness (QED) is 0.693. The van der Waals surface area contributed by atoms with Gasteiger partial charge in [0.25, 0.3) is 0 Å². The number of rotatable bonds is 6. The van der Waals surface area contributed by atoms with Crippen molar-refractivity contribution in [2.24, 2.45) is 0 Å². The van der Waals surface area contributed by atoms with Crippen molar-refractivity contribution in [3.8, 4) is 5.75 Å². The summed E-state index contributed by atoms with van der Waals surface area (Å²) in [6.07, 6.45) is 0. The van der Waals surface area contributed by atoms with Crippen LogP contribution in [0.5, 0.6) is 5.75 Å². The minimum absolute atomic E-state index is 0.643. The zero-order valence-electron chi connectivity index (χ0n) is 11.2. The van der Waals surface area contributed by atoms with Crippen molar-refractivity contribution in [2.45, 2.75) is 6.54 Å². The van der Waals surface area contributed by atoms with Crippen molar-refractivity contribution < 1.29 is 9.15 Å². The monoisotopic (exact) mass is 267 g/mol. The van der Waals surface area contributed by atoms with Crippen molar-refractivity contribution in [3.05, 3.63) is 66.4 Å². The van der Waals surface area contributed by atoms with E-state index in [1.165, 1.54) is 0 Å². The van der Waals surface area contributed by atoms with E-state index in [9.17, 15) is 0 Å². The van der Waals surface area contributed by atoms with Gasteiger partial charge in [0.05, 0.1) is 6.54 Å². The molecule has 0 aliphatic heterocycles. The first kappa shape index (κ1) is 12.8. The Bertz CT molecular complexity index is 628. The molecular formula is C17H17NO2. The third-order valence-electron chi connectivity index (χ3n) is 3.07. The Morgan fingerprint density at radius 2 is 1.75 bits per heavy atom. The minimum Gasteiger partial charge on any atom is -0.492 e. The molecule has 0 saturated heterocycles. The average Bonchev–Trinajstić information content (AvgIpc) is 2.90. The summed E-state index contributed by atoms with van der Waals surface area (Å²) in [4.78, 5) is 0. The molecule has 102 valence electrons. The van der Waals surface area contributed by atoms with Crippen molar-refractivity contribution in [2.75, 3.05) is 13.2 Å². The average molecular weight is 267 g/mol. The van der Waals surface area contributed by atoms with Crippen LogP contribution in [0.15, 0.2) is 65.1 Å². The van der Waals surface area contributed by atoms with Gasteiger partial charge in [-0.2, -0.15) is 0 Å². The fraction of sp³-hybridized carbons (Fsp3) is 0.176. The highest BCUT2D eigenvalue weighted by atomic mass is 16.5. The number of furan rings is 1. The van der Waals surface area contributed by atoms with Gasteiger partial charge in [-0.1, -0.05) is 36.4 Å². The van der Waals surface area contributed by atoms with Gasteiger partial charge in [-0.25, -0.2) is 0 Å². The van der Waals surface area contributed by atoms with E-state index in [4.69, 9.17) is 9.15 Å². The Hall–Kier alpha value is -2.26. The smallest absolute Gasteiger partial charge is 0.134 e. The summed E-state index contributed by atoms with van der Waals surface area (Å²) < 4.78 is 11.3. The second kappa shape index (κ2) is 6.26. The number of hydrogen-bond donors (Lipinski definition) is 1. The second-order valence-electron chi connectivity index (χ2n) is 4.59. The van der Waals surface area contributed by atoms with Gasteiger partial charge in [-0.3, -0.25) is 0 Å². The van der Waals surface area contributed by atoms with E-state index >= 15 is 0 Å². The van der Waals surface area contributed by atoms with Crippen LogP contribution < -0.4 is 10.1 Å². The molecule has 0 bridgehead atoms. The van der Waals surface area contributed by atoms with Crippen LogP contribution >= 0.6 is 0 Å². The number of fused-ring (bicyclic) bond motifs is 1. The molecule has 0 saturated carbocycles. The fourth-order valence-corrected chi connectivity index (χ4v) is 2.09. The molecule has 3 aromatic rings. The molecule has 0 fully saturated rings. The highest BCUT2D eigenvalue weighted by Crippen LogP contribution is 2.18. The van der Waals surface area contributed by atoms with Gasteiger partial charge in [-0.15, -0.1) is 0 Å². The lowest BCUT2D eigenvalue weighted by Gasteiger charge is -2.06. The molecule has 2 aromatic carbocycles. The normalized spacial score (nSPS) is 10.8. The van der Waals surface area contributed by atoms with Crippen molar-refractivity contribution in [1.82, 2.24) is 5.32 Å². The van der Waals surface area contributed by atoms with E-state index in [1.807, 2.05) is 48.5 Å². The number of ether oxygens (including phenoxy) is 1. The molecule has 0 atom stereocenters. The Morgan fingerprint density at radius 3 is 2.60 bits per heavy atom. The van der Waals surface area contributed by atoms with Crippen LogP contribution in [0.25, 0.3) is 11.0 Å². The number of para-hydroxylation sites is 2. The zero-order valence-corrected chi connectivity index (χ0v) is 11.2. The fourth-order valence-electron chi connectivity index (χ4n) is 2.09. The predicted molar refractivity (Wildman–Crippen MR) is 79.9 cm³/mol. The summed E-state index contributed by atoms with van der Waals surface area (Å²) in [5, 5.41) is 4.46. The van der Waals surface area contributed by atoms with Gasteiger partial charge in [0.1, 0.15) is 23.7 Å². The molecule has 3 rings (SSSR count). The number of hydrogen-bond acceptors (Lipinski definition) is 3. The Morgan fingerprint density at radius 1 is 0.950 bits per heavy atom. The lowest BCUT2D eigenvalue weighted by molar-refractivity contribution is 0.311. The first-order valence-corrected chi connectivity index (χ1v) is 6.78. The highest BCUT2D eigenvalue weighted by molar-refractivity contribution is 5.77. The Kier molecular flexibility index (Phi) is 3.99. The van der Waals surface area contributed by atoms with Crippen LogP contribution in [0.2, 0.25) is 0 Å². The summed E-state index contributed by atoms with van der Waals surface area (Å²) in [5.74, 6) is 1.85. The van der Waals surface area contributed by atoms with Gasteiger partial charge in [0.15, 0.2) is 0 Å².